The molecule has 0 aromatic carbocycles. The van der Waals surface area contributed by atoms with Crippen molar-refractivity contribution >= 4 is 0 Å². The van der Waals surface area contributed by atoms with Gasteiger partial charge < -0.3 is 10.2 Å². The lowest BCUT2D eigenvalue weighted by Gasteiger charge is -2.38. The van der Waals surface area contributed by atoms with Gasteiger partial charge in [-0.1, -0.05) is 0 Å². The van der Waals surface area contributed by atoms with E-state index in [1.165, 1.54) is 64.8 Å². The molecule has 0 spiro atoms. The number of piperidine rings is 1. The van der Waals surface area contributed by atoms with E-state index in [1.807, 2.05) is 0 Å². The fraction of sp³-hybridized carbons (Fsp3) is 1.00. The van der Waals surface area contributed by atoms with E-state index in [4.69, 9.17) is 0 Å². The lowest BCUT2D eigenvalue weighted by molar-refractivity contribution is 0.107. The molecule has 2 atom stereocenters. The monoisotopic (exact) mass is 267 g/mol. The molecule has 0 bridgehead atoms. The number of nitrogens with one attached hydrogen (secondary N) is 1. The molecular formula is C16H33N3. The predicted molar refractivity (Wildman–Crippen MR) is 82.6 cm³/mol. The van der Waals surface area contributed by atoms with Crippen molar-refractivity contribution in [3.05, 3.63) is 0 Å². The Morgan fingerprint density at radius 3 is 2.68 bits per heavy atom. The van der Waals surface area contributed by atoms with Crippen LogP contribution < -0.4 is 5.32 Å². The molecule has 1 N–H and O–H groups in total. The standard InChI is InChI=1S/C16H33N3/c1-14(2)19(13-15-6-4-9-17-12-15)16-7-5-10-18(3)11-8-16/h14-17H,4-13H2,1-3H3. The lowest BCUT2D eigenvalue weighted by atomic mass is 9.96. The Kier molecular flexibility index (Phi) is 6.11. The van der Waals surface area contributed by atoms with Gasteiger partial charge in [0.1, 0.15) is 0 Å². The predicted octanol–water partition coefficient (Wildman–Crippen LogP) is 2.18. The Morgan fingerprint density at radius 1 is 1.16 bits per heavy atom. The van der Waals surface area contributed by atoms with E-state index >= 15 is 0 Å². The Bertz CT molecular complexity index is 248. The van der Waals surface area contributed by atoms with Crippen LogP contribution in [0.3, 0.4) is 0 Å². The highest BCUT2D eigenvalue weighted by Crippen LogP contribution is 2.22. The van der Waals surface area contributed by atoms with Gasteiger partial charge in [0.25, 0.3) is 0 Å². The maximum Gasteiger partial charge on any atom is 0.0111 e. The minimum atomic E-state index is 0.690. The maximum atomic E-state index is 3.57. The van der Waals surface area contributed by atoms with Gasteiger partial charge in [0, 0.05) is 18.6 Å². The SMILES string of the molecule is CC(C)N(CC1CCCNC1)C1CCCN(C)CC1. The van der Waals surface area contributed by atoms with Crippen molar-refractivity contribution in [3.63, 3.8) is 0 Å². The van der Waals surface area contributed by atoms with Gasteiger partial charge in [0.2, 0.25) is 0 Å². The summed E-state index contributed by atoms with van der Waals surface area (Å²) in [5, 5.41) is 3.57. The lowest BCUT2D eigenvalue weighted by Crippen LogP contribution is -2.46. The molecule has 2 aliphatic rings. The van der Waals surface area contributed by atoms with E-state index in [0.29, 0.717) is 6.04 Å². The molecule has 3 nitrogen and oxygen atoms in total. The molecule has 0 aromatic heterocycles. The van der Waals surface area contributed by atoms with Crippen molar-refractivity contribution < 1.29 is 0 Å². The van der Waals surface area contributed by atoms with Crippen LogP contribution in [0.5, 0.6) is 0 Å². The largest absolute Gasteiger partial charge is 0.316 e. The van der Waals surface area contributed by atoms with Crippen LogP contribution in [0, 0.1) is 5.92 Å². The van der Waals surface area contributed by atoms with Crippen LogP contribution in [0.25, 0.3) is 0 Å². The van der Waals surface area contributed by atoms with Gasteiger partial charge in [-0.2, -0.15) is 0 Å². The first-order valence-corrected chi connectivity index (χ1v) is 8.32. The summed E-state index contributed by atoms with van der Waals surface area (Å²) in [6, 6.07) is 1.50. The molecule has 2 aliphatic heterocycles. The van der Waals surface area contributed by atoms with E-state index in [0.717, 1.165) is 12.0 Å². The summed E-state index contributed by atoms with van der Waals surface area (Å²) in [6.45, 7) is 11.1. The Balaban J connectivity index is 1.90. The van der Waals surface area contributed by atoms with Gasteiger partial charge in [0.15, 0.2) is 0 Å². The summed E-state index contributed by atoms with van der Waals surface area (Å²) in [6.07, 6.45) is 6.90. The van der Waals surface area contributed by atoms with E-state index in [2.05, 4.69) is 36.0 Å². The summed E-state index contributed by atoms with van der Waals surface area (Å²) in [4.78, 5) is 5.30. The van der Waals surface area contributed by atoms with Gasteiger partial charge in [-0.25, -0.2) is 0 Å². The summed E-state index contributed by atoms with van der Waals surface area (Å²) < 4.78 is 0. The number of nitrogens with zero attached hydrogens (tertiary/aromatic N) is 2. The van der Waals surface area contributed by atoms with Crippen LogP contribution in [-0.2, 0) is 0 Å². The first-order chi connectivity index (χ1) is 9.16. The first-order valence-electron chi connectivity index (χ1n) is 8.32. The molecule has 2 rings (SSSR count). The van der Waals surface area contributed by atoms with Gasteiger partial charge >= 0.3 is 0 Å². The summed E-state index contributed by atoms with van der Waals surface area (Å²) in [5.41, 5.74) is 0. The third-order valence-corrected chi connectivity index (χ3v) is 4.92. The molecule has 2 unspecified atom stereocenters. The van der Waals surface area contributed by atoms with Gasteiger partial charge in [0.05, 0.1) is 0 Å². The molecule has 0 radical (unpaired) electrons. The summed E-state index contributed by atoms with van der Waals surface area (Å²) in [7, 11) is 2.27. The molecule has 2 saturated heterocycles. The zero-order chi connectivity index (χ0) is 13.7. The van der Waals surface area contributed by atoms with Gasteiger partial charge in [-0.05, 0) is 85.1 Å². The minimum Gasteiger partial charge on any atom is -0.316 e. The third-order valence-electron chi connectivity index (χ3n) is 4.92. The maximum absolute atomic E-state index is 3.57. The number of hydrogen-bond donors (Lipinski definition) is 1. The second-order valence-corrected chi connectivity index (χ2v) is 6.89. The Labute approximate surface area is 119 Å². The summed E-state index contributed by atoms with van der Waals surface area (Å²) in [5.74, 6) is 0.872. The van der Waals surface area contributed by atoms with Gasteiger partial charge in [-0.3, -0.25) is 4.90 Å². The van der Waals surface area contributed by atoms with E-state index in [-0.39, 0.29) is 0 Å². The van der Waals surface area contributed by atoms with E-state index in [9.17, 15) is 0 Å². The van der Waals surface area contributed by atoms with Crippen LogP contribution in [0.15, 0.2) is 0 Å². The molecule has 0 aliphatic carbocycles. The molecule has 2 heterocycles. The van der Waals surface area contributed by atoms with Crippen molar-refractivity contribution in [2.45, 2.75) is 58.0 Å². The molecule has 0 saturated carbocycles. The van der Waals surface area contributed by atoms with Crippen LogP contribution in [-0.4, -0.2) is 61.7 Å². The number of likely N-dealkylation sites (tertiary alicyclic amines) is 1. The van der Waals surface area contributed by atoms with Gasteiger partial charge in [-0.15, -0.1) is 0 Å². The zero-order valence-corrected chi connectivity index (χ0v) is 13.2. The van der Waals surface area contributed by atoms with Crippen LogP contribution >= 0.6 is 0 Å². The van der Waals surface area contributed by atoms with Crippen molar-refractivity contribution in [2.24, 2.45) is 5.92 Å². The molecule has 19 heavy (non-hydrogen) atoms. The highest BCUT2D eigenvalue weighted by molar-refractivity contribution is 4.82. The number of rotatable bonds is 4. The van der Waals surface area contributed by atoms with Crippen molar-refractivity contribution in [1.82, 2.24) is 15.1 Å². The molecule has 0 aromatic rings. The average molecular weight is 267 g/mol. The Morgan fingerprint density at radius 2 is 2.00 bits per heavy atom. The minimum absolute atomic E-state index is 0.690. The quantitative estimate of drug-likeness (QED) is 0.842. The third kappa shape index (κ3) is 4.73. The molecule has 0 amide bonds. The van der Waals surface area contributed by atoms with Crippen LogP contribution in [0.1, 0.15) is 46.0 Å². The van der Waals surface area contributed by atoms with Crippen LogP contribution in [0.2, 0.25) is 0 Å². The second kappa shape index (κ2) is 7.61. The molecule has 2 fully saturated rings. The first kappa shape index (κ1) is 15.3. The van der Waals surface area contributed by atoms with Crippen molar-refractivity contribution in [1.29, 1.82) is 0 Å². The molecule has 3 heteroatoms. The highest BCUT2D eigenvalue weighted by Gasteiger charge is 2.26. The fourth-order valence-corrected chi connectivity index (χ4v) is 3.71. The highest BCUT2D eigenvalue weighted by atomic mass is 15.2. The number of hydrogen-bond acceptors (Lipinski definition) is 3. The zero-order valence-electron chi connectivity index (χ0n) is 13.2. The van der Waals surface area contributed by atoms with Crippen LogP contribution in [0.4, 0.5) is 0 Å². The molecular weight excluding hydrogens is 234 g/mol. The van der Waals surface area contributed by atoms with Crippen molar-refractivity contribution in [2.75, 3.05) is 39.8 Å². The van der Waals surface area contributed by atoms with E-state index in [1.54, 1.807) is 0 Å². The molecule has 112 valence electrons. The average Bonchev–Trinajstić information content (AvgIpc) is 2.62. The fourth-order valence-electron chi connectivity index (χ4n) is 3.71. The van der Waals surface area contributed by atoms with E-state index < -0.39 is 0 Å². The smallest absolute Gasteiger partial charge is 0.0111 e. The normalized spacial score (nSPS) is 30.8. The van der Waals surface area contributed by atoms with Crippen molar-refractivity contribution in [3.8, 4) is 0 Å². The Hall–Kier alpha value is -0.120. The summed E-state index contributed by atoms with van der Waals surface area (Å²) >= 11 is 0. The second-order valence-electron chi connectivity index (χ2n) is 6.89. The topological polar surface area (TPSA) is 18.5 Å².